The molecule has 0 radical (unpaired) electrons. The Morgan fingerprint density at radius 2 is 2.27 bits per heavy atom. The monoisotopic (exact) mass is 220 g/mol. The van der Waals surface area contributed by atoms with Gasteiger partial charge in [0.15, 0.2) is 5.13 Å². The van der Waals surface area contributed by atoms with E-state index in [-0.39, 0.29) is 0 Å². The Kier molecular flexibility index (Phi) is 3.21. The highest BCUT2D eigenvalue weighted by Gasteiger charge is 2.02. The van der Waals surface area contributed by atoms with Crippen LogP contribution in [0, 0.1) is 0 Å². The molecular weight excluding hydrogens is 204 g/mol. The third-order valence-electron chi connectivity index (χ3n) is 2.48. The maximum absolute atomic E-state index is 4.51. The summed E-state index contributed by atoms with van der Waals surface area (Å²) in [6.45, 7) is 2.22. The Bertz CT molecular complexity index is 448. The van der Waals surface area contributed by atoms with Crippen molar-refractivity contribution in [3.05, 3.63) is 23.8 Å². The highest BCUT2D eigenvalue weighted by Crippen LogP contribution is 2.26. The summed E-state index contributed by atoms with van der Waals surface area (Å²) in [5.74, 6) is 0. The molecule has 0 spiro atoms. The number of thiazole rings is 1. The van der Waals surface area contributed by atoms with Gasteiger partial charge in [0.1, 0.15) is 0 Å². The Balaban J connectivity index is 2.29. The standard InChI is InChI=1S/C12H16N2S/c1-3-4-5-9-6-7-11-10(8-9)14-12(13-2)15-11/h6-8H,3-5H2,1-2H3,(H,13,14). The second-order valence-electron chi connectivity index (χ2n) is 3.67. The van der Waals surface area contributed by atoms with Crippen molar-refractivity contribution >= 4 is 26.7 Å². The smallest absolute Gasteiger partial charge is 0.183 e. The Morgan fingerprint density at radius 3 is 3.00 bits per heavy atom. The fourth-order valence-corrected chi connectivity index (χ4v) is 2.42. The number of hydrogen-bond donors (Lipinski definition) is 1. The summed E-state index contributed by atoms with van der Waals surface area (Å²) in [4.78, 5) is 4.51. The molecule has 1 aromatic heterocycles. The van der Waals surface area contributed by atoms with Crippen LogP contribution >= 0.6 is 11.3 Å². The molecule has 0 atom stereocenters. The molecule has 0 amide bonds. The number of benzene rings is 1. The third-order valence-corrected chi connectivity index (χ3v) is 3.54. The molecule has 2 rings (SSSR count). The van der Waals surface area contributed by atoms with Gasteiger partial charge in [0.05, 0.1) is 10.2 Å². The Labute approximate surface area is 94.3 Å². The van der Waals surface area contributed by atoms with Gasteiger partial charge < -0.3 is 5.32 Å². The number of fused-ring (bicyclic) bond motifs is 1. The van der Waals surface area contributed by atoms with Crippen molar-refractivity contribution in [3.8, 4) is 0 Å². The number of hydrogen-bond acceptors (Lipinski definition) is 3. The second-order valence-corrected chi connectivity index (χ2v) is 4.71. The predicted molar refractivity (Wildman–Crippen MR) is 67.8 cm³/mol. The summed E-state index contributed by atoms with van der Waals surface area (Å²) in [7, 11) is 1.91. The summed E-state index contributed by atoms with van der Waals surface area (Å²) in [5, 5.41) is 4.08. The molecule has 0 aliphatic carbocycles. The minimum atomic E-state index is 0.998. The maximum Gasteiger partial charge on any atom is 0.183 e. The van der Waals surface area contributed by atoms with Crippen LogP contribution < -0.4 is 5.32 Å². The molecule has 80 valence electrons. The summed E-state index contributed by atoms with van der Waals surface area (Å²) in [6.07, 6.45) is 3.67. The average Bonchev–Trinajstić information content (AvgIpc) is 2.68. The lowest BCUT2D eigenvalue weighted by atomic mass is 10.1. The van der Waals surface area contributed by atoms with E-state index >= 15 is 0 Å². The van der Waals surface area contributed by atoms with Crippen molar-refractivity contribution in [2.75, 3.05) is 12.4 Å². The molecule has 0 saturated carbocycles. The van der Waals surface area contributed by atoms with E-state index in [2.05, 4.69) is 35.4 Å². The van der Waals surface area contributed by atoms with Crippen LogP contribution in [0.25, 0.3) is 10.2 Å². The lowest BCUT2D eigenvalue weighted by Gasteiger charge is -1.98. The largest absolute Gasteiger partial charge is 0.365 e. The highest BCUT2D eigenvalue weighted by molar-refractivity contribution is 7.22. The van der Waals surface area contributed by atoms with E-state index < -0.39 is 0 Å². The number of rotatable bonds is 4. The van der Waals surface area contributed by atoms with Gasteiger partial charge in [0, 0.05) is 7.05 Å². The molecule has 15 heavy (non-hydrogen) atoms. The van der Waals surface area contributed by atoms with E-state index in [0.717, 1.165) is 10.6 Å². The molecule has 1 aromatic carbocycles. The van der Waals surface area contributed by atoms with E-state index in [4.69, 9.17) is 0 Å². The number of nitrogens with one attached hydrogen (secondary N) is 1. The molecule has 1 heterocycles. The molecule has 2 aromatic rings. The van der Waals surface area contributed by atoms with Gasteiger partial charge in [0.25, 0.3) is 0 Å². The fraction of sp³-hybridized carbons (Fsp3) is 0.417. The summed E-state index contributed by atoms with van der Waals surface area (Å²) < 4.78 is 1.26. The van der Waals surface area contributed by atoms with Gasteiger partial charge in [-0.1, -0.05) is 30.7 Å². The van der Waals surface area contributed by atoms with Gasteiger partial charge >= 0.3 is 0 Å². The Morgan fingerprint density at radius 1 is 1.40 bits per heavy atom. The van der Waals surface area contributed by atoms with Gasteiger partial charge in [-0.15, -0.1) is 0 Å². The quantitative estimate of drug-likeness (QED) is 0.850. The molecule has 0 saturated heterocycles. The minimum Gasteiger partial charge on any atom is -0.365 e. The van der Waals surface area contributed by atoms with Crippen molar-refractivity contribution in [2.24, 2.45) is 0 Å². The molecule has 3 heteroatoms. The van der Waals surface area contributed by atoms with Crippen molar-refractivity contribution in [2.45, 2.75) is 26.2 Å². The maximum atomic E-state index is 4.51. The van der Waals surface area contributed by atoms with Crippen LogP contribution in [0.2, 0.25) is 0 Å². The molecule has 0 aliphatic rings. The zero-order valence-electron chi connectivity index (χ0n) is 9.21. The molecule has 0 fully saturated rings. The molecular formula is C12H16N2S. The first-order valence-corrected chi connectivity index (χ1v) is 6.22. The molecule has 0 bridgehead atoms. The molecule has 2 nitrogen and oxygen atoms in total. The first-order valence-electron chi connectivity index (χ1n) is 5.40. The normalized spacial score (nSPS) is 10.8. The number of nitrogens with zero attached hydrogens (tertiary/aromatic N) is 1. The Hall–Kier alpha value is -1.09. The number of anilines is 1. The number of aromatic nitrogens is 1. The zero-order chi connectivity index (χ0) is 10.7. The number of unbranched alkanes of at least 4 members (excludes halogenated alkanes) is 1. The fourth-order valence-electron chi connectivity index (χ4n) is 1.62. The lowest BCUT2D eigenvalue weighted by molar-refractivity contribution is 0.796. The van der Waals surface area contributed by atoms with Crippen molar-refractivity contribution in [1.29, 1.82) is 0 Å². The number of aryl methyl sites for hydroxylation is 1. The molecule has 0 aliphatic heterocycles. The van der Waals surface area contributed by atoms with E-state index in [1.807, 2.05) is 7.05 Å². The summed E-state index contributed by atoms with van der Waals surface area (Å²) >= 11 is 1.71. The van der Waals surface area contributed by atoms with Gasteiger partial charge in [-0.2, -0.15) is 0 Å². The van der Waals surface area contributed by atoms with Crippen LogP contribution in [-0.4, -0.2) is 12.0 Å². The van der Waals surface area contributed by atoms with Crippen LogP contribution in [0.4, 0.5) is 5.13 Å². The summed E-state index contributed by atoms with van der Waals surface area (Å²) in [5.41, 5.74) is 2.52. The van der Waals surface area contributed by atoms with Crippen LogP contribution in [-0.2, 0) is 6.42 Å². The third kappa shape index (κ3) is 2.29. The minimum absolute atomic E-state index is 0.998. The van der Waals surface area contributed by atoms with Crippen LogP contribution in [0.5, 0.6) is 0 Å². The van der Waals surface area contributed by atoms with Gasteiger partial charge in [-0.3, -0.25) is 0 Å². The van der Waals surface area contributed by atoms with Crippen molar-refractivity contribution in [3.63, 3.8) is 0 Å². The van der Waals surface area contributed by atoms with Crippen LogP contribution in [0.15, 0.2) is 18.2 Å². The molecule has 1 N–H and O–H groups in total. The van der Waals surface area contributed by atoms with Gasteiger partial charge in [0.2, 0.25) is 0 Å². The van der Waals surface area contributed by atoms with Crippen molar-refractivity contribution < 1.29 is 0 Å². The molecule has 0 unspecified atom stereocenters. The second kappa shape index (κ2) is 4.62. The van der Waals surface area contributed by atoms with Crippen LogP contribution in [0.3, 0.4) is 0 Å². The van der Waals surface area contributed by atoms with E-state index in [1.54, 1.807) is 11.3 Å². The van der Waals surface area contributed by atoms with Gasteiger partial charge in [-0.05, 0) is 30.5 Å². The van der Waals surface area contributed by atoms with E-state index in [1.165, 1.54) is 29.5 Å². The predicted octanol–water partition coefficient (Wildman–Crippen LogP) is 3.68. The van der Waals surface area contributed by atoms with Gasteiger partial charge in [-0.25, -0.2) is 4.98 Å². The lowest BCUT2D eigenvalue weighted by Crippen LogP contribution is -1.85. The van der Waals surface area contributed by atoms with Crippen LogP contribution in [0.1, 0.15) is 25.3 Å². The van der Waals surface area contributed by atoms with E-state index in [9.17, 15) is 0 Å². The van der Waals surface area contributed by atoms with E-state index in [0.29, 0.717) is 0 Å². The SMILES string of the molecule is CCCCc1ccc2sc(NC)nc2c1. The first kappa shape index (κ1) is 10.4. The zero-order valence-corrected chi connectivity index (χ0v) is 10.0. The first-order chi connectivity index (χ1) is 7.33. The van der Waals surface area contributed by atoms with Crippen molar-refractivity contribution in [1.82, 2.24) is 4.98 Å². The average molecular weight is 220 g/mol. The topological polar surface area (TPSA) is 24.9 Å². The highest BCUT2D eigenvalue weighted by atomic mass is 32.1. The summed E-state index contributed by atoms with van der Waals surface area (Å²) in [6, 6.07) is 6.61.